The summed E-state index contributed by atoms with van der Waals surface area (Å²) in [7, 11) is 0. The zero-order valence-electron chi connectivity index (χ0n) is 21.4. The molecule has 15 heteroatoms. The number of nitrogens with zero attached hydrogens (tertiary/aromatic N) is 3. The molecule has 1 atom stereocenters. The zero-order chi connectivity index (χ0) is 29.9. The standard InChI is InChI=1S/C26H24Cl2F4N4O4S/c1-13-22(41-35-34-13)24(39)36(16-11-18(27)21(19(28)12-16)40-26(31,32)25(29)30)20(14-6-5-9-17(37)10-14)23(38)33-15-7-3-2-4-8-15/h5-6,9-12,15,20,25,37H,2-4,7-8H2,1H3,(H,33,38). The van der Waals surface area contributed by atoms with Gasteiger partial charge in [0.05, 0.1) is 15.7 Å². The predicted octanol–water partition coefficient (Wildman–Crippen LogP) is 6.93. The molecule has 0 bridgehead atoms. The summed E-state index contributed by atoms with van der Waals surface area (Å²) >= 11 is 13.1. The molecular formula is C26H24Cl2F4N4O4S. The van der Waals surface area contributed by atoms with E-state index in [1.165, 1.54) is 31.2 Å². The van der Waals surface area contributed by atoms with Gasteiger partial charge >= 0.3 is 12.5 Å². The van der Waals surface area contributed by atoms with E-state index < -0.39 is 46.2 Å². The molecule has 0 spiro atoms. The number of benzene rings is 2. The number of aryl methyl sites for hydroxylation is 1. The van der Waals surface area contributed by atoms with Crippen molar-refractivity contribution in [1.82, 2.24) is 14.9 Å². The highest BCUT2D eigenvalue weighted by atomic mass is 35.5. The first-order valence-corrected chi connectivity index (χ1v) is 14.0. The topological polar surface area (TPSA) is 105 Å². The van der Waals surface area contributed by atoms with E-state index in [0.29, 0.717) is 0 Å². The zero-order valence-corrected chi connectivity index (χ0v) is 23.7. The first-order chi connectivity index (χ1) is 19.4. The van der Waals surface area contributed by atoms with Gasteiger partial charge in [-0.2, -0.15) is 17.6 Å². The summed E-state index contributed by atoms with van der Waals surface area (Å²) in [6.07, 6.45) is -4.77. The van der Waals surface area contributed by atoms with Gasteiger partial charge in [0.15, 0.2) is 5.75 Å². The van der Waals surface area contributed by atoms with Crippen LogP contribution in [0.4, 0.5) is 23.2 Å². The lowest BCUT2D eigenvalue weighted by atomic mass is 9.94. The second kappa shape index (κ2) is 12.8. The summed E-state index contributed by atoms with van der Waals surface area (Å²) in [6, 6.07) is 6.09. The van der Waals surface area contributed by atoms with Gasteiger partial charge in [-0.15, -0.1) is 5.10 Å². The van der Waals surface area contributed by atoms with E-state index in [2.05, 4.69) is 19.6 Å². The number of anilines is 1. The average molecular weight is 635 g/mol. The molecule has 8 nitrogen and oxygen atoms in total. The molecule has 1 aliphatic rings. The third kappa shape index (κ3) is 7.02. The number of phenols is 1. The first kappa shape index (κ1) is 30.8. The quantitative estimate of drug-likeness (QED) is 0.247. The normalized spacial score (nSPS) is 15.0. The van der Waals surface area contributed by atoms with E-state index in [9.17, 15) is 32.3 Å². The van der Waals surface area contributed by atoms with Crippen LogP contribution in [0.25, 0.3) is 0 Å². The van der Waals surface area contributed by atoms with E-state index in [-0.39, 0.29) is 33.6 Å². The number of nitrogens with one attached hydrogen (secondary N) is 1. The number of carbonyl (C=O) groups excluding carboxylic acids is 2. The molecule has 1 fully saturated rings. The number of carbonyl (C=O) groups is 2. The summed E-state index contributed by atoms with van der Waals surface area (Å²) in [5, 5.41) is 15.8. The number of rotatable bonds is 9. The van der Waals surface area contributed by atoms with Crippen LogP contribution in [-0.2, 0) is 4.79 Å². The highest BCUT2D eigenvalue weighted by molar-refractivity contribution is 7.08. The first-order valence-electron chi connectivity index (χ1n) is 12.4. The van der Waals surface area contributed by atoms with Crippen LogP contribution in [0.3, 0.4) is 0 Å². The maximum atomic E-state index is 14.0. The Morgan fingerprint density at radius 1 is 1.15 bits per heavy atom. The number of amides is 2. The number of aromatic nitrogens is 2. The van der Waals surface area contributed by atoms with Crippen molar-refractivity contribution in [2.24, 2.45) is 0 Å². The monoisotopic (exact) mass is 634 g/mol. The molecule has 1 heterocycles. The number of alkyl halides is 4. The summed E-state index contributed by atoms with van der Waals surface area (Å²) in [5.74, 6) is -2.48. The summed E-state index contributed by atoms with van der Waals surface area (Å²) in [6.45, 7) is 1.53. The molecule has 2 N–H and O–H groups in total. The van der Waals surface area contributed by atoms with Crippen molar-refractivity contribution in [3.63, 3.8) is 0 Å². The second-order valence-corrected chi connectivity index (χ2v) is 11.0. The number of phenolic OH excluding ortho intramolecular Hbond substituents is 1. The molecule has 0 saturated heterocycles. The van der Waals surface area contributed by atoms with E-state index in [4.69, 9.17) is 23.2 Å². The van der Waals surface area contributed by atoms with E-state index in [1.807, 2.05) is 0 Å². The van der Waals surface area contributed by atoms with Crippen LogP contribution in [-0.4, -0.2) is 45.1 Å². The van der Waals surface area contributed by atoms with Gasteiger partial charge < -0.3 is 15.2 Å². The van der Waals surface area contributed by atoms with Crippen molar-refractivity contribution < 1.29 is 37.0 Å². The average Bonchev–Trinajstić information content (AvgIpc) is 3.35. The van der Waals surface area contributed by atoms with E-state index >= 15 is 0 Å². The number of aromatic hydroxyl groups is 1. The molecule has 1 aromatic heterocycles. The molecule has 0 aliphatic heterocycles. The van der Waals surface area contributed by atoms with Gasteiger partial charge in [-0.1, -0.05) is 59.1 Å². The SMILES string of the molecule is Cc1nnsc1C(=O)N(c1cc(Cl)c(OC(F)(F)C(F)F)c(Cl)c1)C(C(=O)NC1CCCCC1)c1cccc(O)c1. The fraction of sp³-hybridized carbons (Fsp3) is 0.385. The summed E-state index contributed by atoms with van der Waals surface area (Å²) < 4.78 is 60.9. The van der Waals surface area contributed by atoms with Crippen molar-refractivity contribution in [2.75, 3.05) is 4.90 Å². The maximum absolute atomic E-state index is 14.0. The molecule has 220 valence electrons. The molecule has 3 aromatic rings. The van der Waals surface area contributed by atoms with Gasteiger partial charge in [-0.25, -0.2) is 0 Å². The van der Waals surface area contributed by atoms with Gasteiger partial charge in [-0.05, 0) is 61.1 Å². The van der Waals surface area contributed by atoms with Crippen LogP contribution in [0.2, 0.25) is 10.0 Å². The van der Waals surface area contributed by atoms with Crippen LogP contribution >= 0.6 is 34.7 Å². The molecule has 2 amide bonds. The lowest BCUT2D eigenvalue weighted by Crippen LogP contribution is -2.47. The molecule has 41 heavy (non-hydrogen) atoms. The van der Waals surface area contributed by atoms with Crippen molar-refractivity contribution in [3.05, 3.63) is 62.6 Å². The largest absolute Gasteiger partial charge is 0.508 e. The Hall–Kier alpha value is -3.16. The Balaban J connectivity index is 1.86. The molecule has 1 aliphatic carbocycles. The van der Waals surface area contributed by atoms with Gasteiger partial charge in [0.25, 0.3) is 5.91 Å². The van der Waals surface area contributed by atoms with Crippen LogP contribution in [0, 0.1) is 6.92 Å². The van der Waals surface area contributed by atoms with Crippen LogP contribution in [0.15, 0.2) is 36.4 Å². The van der Waals surface area contributed by atoms with Crippen molar-refractivity contribution in [3.8, 4) is 11.5 Å². The Kier molecular flexibility index (Phi) is 9.60. The number of halogens is 6. The molecule has 4 rings (SSSR count). The molecule has 0 radical (unpaired) electrons. The fourth-order valence-electron chi connectivity index (χ4n) is 4.52. The van der Waals surface area contributed by atoms with Crippen LogP contribution < -0.4 is 15.0 Å². The van der Waals surface area contributed by atoms with Crippen molar-refractivity contribution in [2.45, 2.75) is 63.6 Å². The van der Waals surface area contributed by atoms with E-state index in [0.717, 1.165) is 60.7 Å². The van der Waals surface area contributed by atoms with Crippen LogP contribution in [0.1, 0.15) is 59.1 Å². The summed E-state index contributed by atoms with van der Waals surface area (Å²) in [4.78, 5) is 29.0. The van der Waals surface area contributed by atoms with Crippen molar-refractivity contribution >= 4 is 52.2 Å². The molecule has 1 unspecified atom stereocenters. The number of hydrogen-bond donors (Lipinski definition) is 2. The van der Waals surface area contributed by atoms with Gasteiger partial charge in [-0.3, -0.25) is 14.5 Å². The molecule has 2 aromatic carbocycles. The van der Waals surface area contributed by atoms with Gasteiger partial charge in [0, 0.05) is 11.7 Å². The predicted molar refractivity (Wildman–Crippen MR) is 145 cm³/mol. The molecular weight excluding hydrogens is 611 g/mol. The van der Waals surface area contributed by atoms with Gasteiger partial charge in [0.1, 0.15) is 16.7 Å². The highest BCUT2D eigenvalue weighted by Crippen LogP contribution is 2.43. The number of hydrogen-bond acceptors (Lipinski definition) is 7. The lowest BCUT2D eigenvalue weighted by Gasteiger charge is -2.33. The van der Waals surface area contributed by atoms with Gasteiger partial charge in [0.2, 0.25) is 5.91 Å². The minimum absolute atomic E-state index is 0.0532. The maximum Gasteiger partial charge on any atom is 0.461 e. The second-order valence-electron chi connectivity index (χ2n) is 9.41. The smallest absolute Gasteiger partial charge is 0.461 e. The van der Waals surface area contributed by atoms with Crippen molar-refractivity contribution in [1.29, 1.82) is 0 Å². The highest BCUT2D eigenvalue weighted by Gasteiger charge is 2.45. The summed E-state index contributed by atoms with van der Waals surface area (Å²) in [5.41, 5.74) is 0.317. The third-order valence-electron chi connectivity index (χ3n) is 6.46. The minimum Gasteiger partial charge on any atom is -0.508 e. The minimum atomic E-state index is -4.90. The Bertz CT molecular complexity index is 1400. The Morgan fingerprint density at radius 3 is 2.37 bits per heavy atom. The number of ether oxygens (including phenoxy) is 1. The Morgan fingerprint density at radius 2 is 1.80 bits per heavy atom. The lowest BCUT2D eigenvalue weighted by molar-refractivity contribution is -0.253. The van der Waals surface area contributed by atoms with E-state index in [1.54, 1.807) is 0 Å². The third-order valence-corrected chi connectivity index (χ3v) is 7.84. The Labute approximate surface area is 246 Å². The van der Waals surface area contributed by atoms with Crippen LogP contribution in [0.5, 0.6) is 11.5 Å². The molecule has 1 saturated carbocycles. The fourth-order valence-corrected chi connectivity index (χ4v) is 5.67.